The number of ether oxygens (including phenoxy) is 2. The summed E-state index contributed by atoms with van der Waals surface area (Å²) in [4.78, 5) is 35.7. The molecule has 1 aliphatic heterocycles. The first-order chi connectivity index (χ1) is 14.2. The Labute approximate surface area is 177 Å². The number of phosphoric ester groups is 1. The molecule has 170 valence electrons. The topological polar surface area (TPSA) is 228 Å². The van der Waals surface area contributed by atoms with Gasteiger partial charge < -0.3 is 34.8 Å². The van der Waals surface area contributed by atoms with Crippen molar-refractivity contribution >= 4 is 31.3 Å². The van der Waals surface area contributed by atoms with Gasteiger partial charge in [0, 0.05) is 6.00 Å². The summed E-state index contributed by atoms with van der Waals surface area (Å²) in [5, 5.41) is 8.82. The molecule has 0 bridgehead atoms. The van der Waals surface area contributed by atoms with Crippen LogP contribution in [0.25, 0.3) is 0 Å². The lowest BCUT2D eigenvalue weighted by molar-refractivity contribution is -0.0672. The Hall–Kier alpha value is -0.935. The zero-order valence-electron chi connectivity index (χ0n) is 15.5. The van der Waals surface area contributed by atoms with Crippen LogP contribution in [0, 0.1) is 11.3 Å². The van der Waals surface area contributed by atoms with E-state index < -0.39 is 54.5 Å². The normalized spacial score (nSPS) is 26.5. The first-order valence-corrected chi connectivity index (χ1v) is 12.8. The second kappa shape index (κ2) is 10.3. The van der Waals surface area contributed by atoms with Gasteiger partial charge in [0.05, 0.1) is 24.3 Å². The molecule has 31 heavy (non-hydrogen) atoms. The highest BCUT2D eigenvalue weighted by Gasteiger charge is 2.42. The Kier molecular flexibility index (Phi) is 8.77. The lowest BCUT2D eigenvalue weighted by Gasteiger charge is -2.24. The monoisotopic (exact) mass is 498 g/mol. The molecule has 1 aliphatic rings. The van der Waals surface area contributed by atoms with E-state index in [4.69, 9.17) is 43.0 Å². The first-order valence-electron chi connectivity index (χ1n) is 8.30. The lowest BCUT2D eigenvalue weighted by Crippen LogP contribution is -2.32. The summed E-state index contributed by atoms with van der Waals surface area (Å²) in [6, 6.07) is 7.31. The van der Waals surface area contributed by atoms with Crippen LogP contribution in [0.4, 0.5) is 0 Å². The van der Waals surface area contributed by atoms with Crippen molar-refractivity contribution in [2.24, 2.45) is 5.73 Å². The number of benzene rings is 1. The molecule has 0 aromatic heterocycles. The molecule has 2 rings (SSSR count). The van der Waals surface area contributed by atoms with Crippen molar-refractivity contribution in [1.82, 2.24) is 0 Å². The van der Waals surface area contributed by atoms with Crippen LogP contribution >= 0.6 is 23.5 Å². The molecule has 1 saturated heterocycles. The van der Waals surface area contributed by atoms with E-state index in [0.717, 1.165) is 0 Å². The number of hydrogen-bond donors (Lipinski definition) is 5. The van der Waals surface area contributed by atoms with Crippen LogP contribution in [0.2, 0.25) is 0 Å². The number of nitrogens with two attached hydrogens (primary N) is 1. The van der Waals surface area contributed by atoms with E-state index in [2.05, 4.69) is 13.1 Å². The Bertz CT molecular complexity index is 950. The van der Waals surface area contributed by atoms with Gasteiger partial charge in [-0.15, -0.1) is 0 Å². The van der Waals surface area contributed by atoms with Gasteiger partial charge in [-0.3, -0.25) is 4.52 Å². The van der Waals surface area contributed by atoms with Gasteiger partial charge in [0.2, 0.25) is 0 Å². The van der Waals surface area contributed by atoms with Crippen LogP contribution in [0.5, 0.6) is 0 Å². The van der Waals surface area contributed by atoms with Gasteiger partial charge in [0.1, 0.15) is 20.2 Å². The zero-order valence-corrected chi connectivity index (χ0v) is 18.2. The summed E-state index contributed by atoms with van der Waals surface area (Å²) in [5.74, 6) is 0. The summed E-state index contributed by atoms with van der Waals surface area (Å²) >= 11 is 0. The van der Waals surface area contributed by atoms with Crippen molar-refractivity contribution in [3.63, 3.8) is 0 Å². The fraction of sp³-hybridized carbons (Fsp3) is 0.462. The van der Waals surface area contributed by atoms with E-state index >= 15 is 0 Å². The SMILES string of the molecule is [B]C1CC(OC(N)c2ccc(C#N)cc2)C(COP(=O)(O)OP(=O)(O)OP(=O)(O)O)O1. The fourth-order valence-electron chi connectivity index (χ4n) is 2.52. The van der Waals surface area contributed by atoms with Gasteiger partial charge in [-0.2, -0.15) is 13.9 Å². The highest BCUT2D eigenvalue weighted by Crippen LogP contribution is 2.66. The molecule has 1 aromatic rings. The Morgan fingerprint density at radius 2 is 1.77 bits per heavy atom. The quantitative estimate of drug-likeness (QED) is 0.168. The minimum Gasteiger partial charge on any atom is -0.380 e. The van der Waals surface area contributed by atoms with Gasteiger partial charge in [-0.25, -0.2) is 13.7 Å². The molecule has 6 N–H and O–H groups in total. The third-order valence-corrected chi connectivity index (χ3v) is 7.54. The minimum atomic E-state index is -5.63. The van der Waals surface area contributed by atoms with Crippen molar-refractivity contribution in [2.45, 2.75) is 30.9 Å². The minimum absolute atomic E-state index is 0.119. The largest absolute Gasteiger partial charge is 0.490 e. The smallest absolute Gasteiger partial charge is 0.380 e. The molecular weight excluding hydrogens is 480 g/mol. The highest BCUT2D eigenvalue weighted by molar-refractivity contribution is 7.66. The molecule has 0 aliphatic carbocycles. The standard InChI is InChI=1S/C13H18BN2O12P3/c14-12-5-10(26-13(16)9-3-1-8(6-15)2-4-9)11(25-12)7-24-30(20,21)28-31(22,23)27-29(17,18)19/h1-4,10-13H,5,7,16H2,(H,20,21)(H,22,23)(H2,17,18,19). The van der Waals surface area contributed by atoms with Gasteiger partial charge in [-0.05, 0) is 24.1 Å². The average Bonchev–Trinajstić information content (AvgIpc) is 2.96. The first kappa shape index (κ1) is 26.3. The molecule has 18 heteroatoms. The number of phosphoric acid groups is 3. The van der Waals surface area contributed by atoms with Crippen molar-refractivity contribution < 1.29 is 55.9 Å². The molecule has 0 saturated carbocycles. The van der Waals surface area contributed by atoms with Gasteiger partial charge in [0.15, 0.2) is 0 Å². The van der Waals surface area contributed by atoms with E-state index in [0.29, 0.717) is 11.1 Å². The third kappa shape index (κ3) is 8.84. The Morgan fingerprint density at radius 3 is 2.32 bits per heavy atom. The van der Waals surface area contributed by atoms with Crippen molar-refractivity contribution in [3.05, 3.63) is 35.4 Å². The number of nitriles is 1. The molecule has 0 spiro atoms. The summed E-state index contributed by atoms with van der Waals surface area (Å²) in [6.45, 7) is -0.720. The van der Waals surface area contributed by atoms with Crippen molar-refractivity contribution in [1.29, 1.82) is 5.26 Å². The van der Waals surface area contributed by atoms with E-state index in [9.17, 15) is 18.6 Å². The predicted octanol–water partition coefficient (Wildman–Crippen LogP) is 0.528. The van der Waals surface area contributed by atoms with Gasteiger partial charge in [0.25, 0.3) is 0 Å². The maximum Gasteiger partial charge on any atom is 0.490 e. The summed E-state index contributed by atoms with van der Waals surface area (Å²) in [5.41, 5.74) is 6.90. The molecule has 1 heterocycles. The highest BCUT2D eigenvalue weighted by atomic mass is 31.3. The number of nitrogens with zero attached hydrogens (tertiary/aromatic N) is 1. The maximum atomic E-state index is 11.8. The third-order valence-electron chi connectivity index (χ3n) is 3.74. The van der Waals surface area contributed by atoms with Crippen LogP contribution in [-0.2, 0) is 36.3 Å². The van der Waals surface area contributed by atoms with Crippen LogP contribution in [-0.4, -0.2) is 52.2 Å². The van der Waals surface area contributed by atoms with E-state index in [1.165, 1.54) is 12.1 Å². The van der Waals surface area contributed by atoms with Crippen LogP contribution in [0.15, 0.2) is 24.3 Å². The van der Waals surface area contributed by atoms with Gasteiger partial charge in [-0.1, -0.05) is 12.1 Å². The molecule has 1 fully saturated rings. The maximum absolute atomic E-state index is 11.8. The summed E-state index contributed by atoms with van der Waals surface area (Å²) < 4.78 is 56.6. The van der Waals surface area contributed by atoms with Crippen molar-refractivity contribution in [3.8, 4) is 6.07 Å². The number of hydrogen-bond acceptors (Lipinski definition) is 10. The molecule has 2 radical (unpaired) electrons. The molecule has 6 atom stereocenters. The average molecular weight is 498 g/mol. The fourth-order valence-corrected chi connectivity index (χ4v) is 5.55. The molecular formula is C13H18BN2O12P3. The molecule has 6 unspecified atom stereocenters. The number of rotatable bonds is 10. The van der Waals surface area contributed by atoms with Crippen molar-refractivity contribution in [2.75, 3.05) is 6.61 Å². The second-order valence-corrected chi connectivity index (χ2v) is 10.6. The zero-order chi connectivity index (χ0) is 23.4. The van der Waals surface area contributed by atoms with Crippen LogP contribution in [0.3, 0.4) is 0 Å². The second-order valence-electron chi connectivity index (χ2n) is 6.16. The van der Waals surface area contributed by atoms with Crippen LogP contribution < -0.4 is 5.73 Å². The Balaban J connectivity index is 1.97. The van der Waals surface area contributed by atoms with E-state index in [1.807, 2.05) is 6.07 Å². The van der Waals surface area contributed by atoms with E-state index in [1.54, 1.807) is 12.1 Å². The molecule has 14 nitrogen and oxygen atoms in total. The summed E-state index contributed by atoms with van der Waals surface area (Å²) in [7, 11) is -10.8. The Morgan fingerprint density at radius 1 is 1.16 bits per heavy atom. The van der Waals surface area contributed by atoms with E-state index in [-0.39, 0.29) is 6.42 Å². The molecule has 1 aromatic carbocycles. The summed E-state index contributed by atoms with van der Waals surface area (Å²) in [6.07, 6.45) is -2.73. The van der Waals surface area contributed by atoms with Crippen LogP contribution in [0.1, 0.15) is 23.8 Å². The predicted molar refractivity (Wildman–Crippen MR) is 102 cm³/mol. The van der Waals surface area contributed by atoms with Gasteiger partial charge >= 0.3 is 23.5 Å². The molecule has 0 amide bonds. The lowest BCUT2D eigenvalue weighted by atomic mass is 9.96.